The third kappa shape index (κ3) is 2.90. The van der Waals surface area contributed by atoms with Gasteiger partial charge in [0.15, 0.2) is 11.5 Å². The summed E-state index contributed by atoms with van der Waals surface area (Å²) in [7, 11) is 0. The molecule has 2 aliphatic heterocycles. The van der Waals surface area contributed by atoms with Gasteiger partial charge in [0.25, 0.3) is 0 Å². The normalized spacial score (nSPS) is 15.7. The molecule has 0 radical (unpaired) electrons. The number of ether oxygens (including phenoxy) is 2. The van der Waals surface area contributed by atoms with Crippen molar-refractivity contribution < 1.29 is 14.3 Å². The summed E-state index contributed by atoms with van der Waals surface area (Å²) in [6.45, 7) is 5.83. The number of carbonyl (C=O) groups is 1. The Balaban J connectivity index is 1.54. The molecule has 2 aliphatic rings. The number of carbonyl (C=O) groups excluding carboxylic acids is 1. The number of hydrogen-bond acceptors (Lipinski definition) is 3. The van der Waals surface area contributed by atoms with Gasteiger partial charge in [0, 0.05) is 12.2 Å². The van der Waals surface area contributed by atoms with Gasteiger partial charge in [-0.3, -0.25) is 4.90 Å². The van der Waals surface area contributed by atoms with E-state index in [-0.39, 0.29) is 6.03 Å². The minimum atomic E-state index is -0.523. The van der Waals surface area contributed by atoms with Crippen LogP contribution in [0.4, 0.5) is 10.5 Å². The van der Waals surface area contributed by atoms with Gasteiger partial charge in [-0.2, -0.15) is 0 Å². The summed E-state index contributed by atoms with van der Waals surface area (Å²) in [5.41, 5.74) is 2.68. The van der Waals surface area contributed by atoms with Crippen molar-refractivity contribution in [2.24, 2.45) is 0 Å². The molecule has 2 aromatic carbocycles. The second-order valence-electron chi connectivity index (χ2n) is 6.94. The smallest absolute Gasteiger partial charge is 0.322 e. The number of amides is 2. The molecule has 25 heavy (non-hydrogen) atoms. The summed E-state index contributed by atoms with van der Waals surface area (Å²) in [5.74, 6) is 1.49. The van der Waals surface area contributed by atoms with Gasteiger partial charge < -0.3 is 14.8 Å². The van der Waals surface area contributed by atoms with Crippen LogP contribution in [0.2, 0.25) is 0 Å². The molecule has 0 aliphatic carbocycles. The average molecular weight is 338 g/mol. The van der Waals surface area contributed by atoms with E-state index >= 15 is 0 Å². The zero-order valence-corrected chi connectivity index (χ0v) is 14.5. The minimum Gasteiger partial charge on any atom is -0.486 e. The van der Waals surface area contributed by atoms with E-state index in [4.69, 9.17) is 9.47 Å². The molecule has 5 heteroatoms. The molecule has 2 amide bonds. The van der Waals surface area contributed by atoms with Gasteiger partial charge in [0.1, 0.15) is 13.2 Å². The lowest BCUT2D eigenvalue weighted by molar-refractivity contribution is 0.171. The highest BCUT2D eigenvalue weighted by Crippen LogP contribution is 2.35. The van der Waals surface area contributed by atoms with E-state index < -0.39 is 5.54 Å². The topological polar surface area (TPSA) is 50.8 Å². The van der Waals surface area contributed by atoms with E-state index in [0.717, 1.165) is 29.2 Å². The molecule has 130 valence electrons. The Bertz CT molecular complexity index is 816. The van der Waals surface area contributed by atoms with Gasteiger partial charge in [-0.1, -0.05) is 24.3 Å². The molecular weight excluding hydrogens is 316 g/mol. The molecule has 4 rings (SSSR count). The van der Waals surface area contributed by atoms with Gasteiger partial charge in [0.05, 0.1) is 5.54 Å². The number of anilines is 1. The van der Waals surface area contributed by atoms with Gasteiger partial charge >= 0.3 is 6.03 Å². The second kappa shape index (κ2) is 5.99. The zero-order valence-electron chi connectivity index (χ0n) is 14.5. The van der Waals surface area contributed by atoms with Crippen molar-refractivity contribution in [1.82, 2.24) is 5.32 Å². The lowest BCUT2D eigenvalue weighted by Gasteiger charge is -2.31. The molecule has 2 aromatic rings. The molecule has 2 heterocycles. The highest BCUT2D eigenvalue weighted by atomic mass is 16.6. The maximum Gasteiger partial charge on any atom is 0.322 e. The fourth-order valence-corrected chi connectivity index (χ4v) is 3.39. The number of hydrogen-bond donors (Lipinski definition) is 1. The first-order valence-corrected chi connectivity index (χ1v) is 8.62. The summed E-state index contributed by atoms with van der Waals surface area (Å²) >= 11 is 0. The van der Waals surface area contributed by atoms with Crippen molar-refractivity contribution in [3.05, 3.63) is 53.6 Å². The first-order chi connectivity index (χ1) is 12.0. The predicted octanol–water partition coefficient (Wildman–Crippen LogP) is 3.47. The molecule has 0 unspecified atom stereocenters. The van der Waals surface area contributed by atoms with Crippen molar-refractivity contribution in [3.8, 4) is 11.5 Å². The summed E-state index contributed by atoms with van der Waals surface area (Å²) < 4.78 is 11.2. The van der Waals surface area contributed by atoms with E-state index in [1.165, 1.54) is 5.56 Å². The van der Waals surface area contributed by atoms with Crippen molar-refractivity contribution in [3.63, 3.8) is 0 Å². The van der Waals surface area contributed by atoms with Gasteiger partial charge in [-0.05, 0) is 49.6 Å². The number of rotatable bonds is 2. The van der Waals surface area contributed by atoms with Crippen molar-refractivity contribution >= 4 is 11.7 Å². The van der Waals surface area contributed by atoms with Crippen LogP contribution in [-0.4, -0.2) is 25.8 Å². The van der Waals surface area contributed by atoms with Crippen LogP contribution >= 0.6 is 0 Å². The quantitative estimate of drug-likeness (QED) is 0.912. The number of fused-ring (bicyclic) bond motifs is 2. The van der Waals surface area contributed by atoms with Crippen LogP contribution in [0.3, 0.4) is 0 Å². The fourth-order valence-electron chi connectivity index (χ4n) is 3.39. The largest absolute Gasteiger partial charge is 0.486 e. The van der Waals surface area contributed by atoms with E-state index in [2.05, 4.69) is 11.4 Å². The average Bonchev–Trinajstić information content (AvgIpc) is 3.05. The lowest BCUT2D eigenvalue weighted by atomic mass is 9.94. The standard InChI is InChI=1S/C20H22N2O3/c1-20(2,15-7-8-17-18(13-15)25-12-11-24-17)21-19(23)22-10-9-14-5-3-4-6-16(14)22/h3-8,13H,9-12H2,1-2H3,(H,21,23). The van der Waals surface area contributed by atoms with E-state index in [1.807, 2.05) is 55.1 Å². The summed E-state index contributed by atoms with van der Waals surface area (Å²) in [4.78, 5) is 14.7. The summed E-state index contributed by atoms with van der Waals surface area (Å²) in [5, 5.41) is 3.15. The molecular formula is C20H22N2O3. The van der Waals surface area contributed by atoms with Gasteiger partial charge in [-0.25, -0.2) is 4.79 Å². The van der Waals surface area contributed by atoms with E-state index in [9.17, 15) is 4.79 Å². The van der Waals surface area contributed by atoms with Gasteiger partial charge in [-0.15, -0.1) is 0 Å². The van der Waals surface area contributed by atoms with Crippen LogP contribution in [0.15, 0.2) is 42.5 Å². The van der Waals surface area contributed by atoms with Crippen LogP contribution in [0, 0.1) is 0 Å². The van der Waals surface area contributed by atoms with Crippen LogP contribution in [-0.2, 0) is 12.0 Å². The number of nitrogens with zero attached hydrogens (tertiary/aromatic N) is 1. The molecule has 0 saturated heterocycles. The van der Waals surface area contributed by atoms with Gasteiger partial charge in [0.2, 0.25) is 0 Å². The number of urea groups is 1. The Morgan fingerprint density at radius 3 is 2.68 bits per heavy atom. The van der Waals surface area contributed by atoms with Crippen LogP contribution in [0.5, 0.6) is 11.5 Å². The minimum absolute atomic E-state index is 0.0789. The molecule has 5 nitrogen and oxygen atoms in total. The van der Waals surface area contributed by atoms with E-state index in [1.54, 1.807) is 0 Å². The van der Waals surface area contributed by atoms with Crippen LogP contribution in [0.25, 0.3) is 0 Å². The fraction of sp³-hybridized carbons (Fsp3) is 0.350. The monoisotopic (exact) mass is 338 g/mol. The zero-order chi connectivity index (χ0) is 17.4. The number of benzene rings is 2. The lowest BCUT2D eigenvalue weighted by Crippen LogP contribution is -2.48. The summed E-state index contributed by atoms with van der Waals surface area (Å²) in [6, 6.07) is 13.8. The molecule has 0 spiro atoms. The maximum atomic E-state index is 12.8. The maximum absolute atomic E-state index is 12.8. The Hall–Kier alpha value is -2.69. The third-order valence-corrected chi connectivity index (χ3v) is 4.82. The number of nitrogens with one attached hydrogen (secondary N) is 1. The predicted molar refractivity (Wildman–Crippen MR) is 96.5 cm³/mol. The van der Waals surface area contributed by atoms with Crippen LogP contribution in [0.1, 0.15) is 25.0 Å². The molecule has 0 fully saturated rings. The SMILES string of the molecule is CC(C)(NC(=O)N1CCc2ccccc21)c1ccc2c(c1)OCCO2. The van der Waals surface area contributed by atoms with Crippen molar-refractivity contribution in [2.75, 3.05) is 24.7 Å². The number of para-hydroxylation sites is 1. The Labute approximate surface area is 147 Å². The second-order valence-corrected chi connectivity index (χ2v) is 6.94. The van der Waals surface area contributed by atoms with Crippen molar-refractivity contribution in [1.29, 1.82) is 0 Å². The highest BCUT2D eigenvalue weighted by molar-refractivity contribution is 5.94. The molecule has 0 atom stereocenters. The molecule has 1 N–H and O–H groups in total. The van der Waals surface area contributed by atoms with E-state index in [0.29, 0.717) is 19.8 Å². The molecule has 0 aromatic heterocycles. The van der Waals surface area contributed by atoms with Crippen molar-refractivity contribution in [2.45, 2.75) is 25.8 Å². The molecule has 0 bridgehead atoms. The summed E-state index contributed by atoms with van der Waals surface area (Å²) in [6.07, 6.45) is 0.897. The Morgan fingerprint density at radius 2 is 1.84 bits per heavy atom. The molecule has 0 saturated carbocycles. The first kappa shape index (κ1) is 15.8. The highest BCUT2D eigenvalue weighted by Gasteiger charge is 2.30. The Morgan fingerprint density at radius 1 is 1.08 bits per heavy atom. The third-order valence-electron chi connectivity index (χ3n) is 4.82. The first-order valence-electron chi connectivity index (χ1n) is 8.62. The van der Waals surface area contributed by atoms with Crippen LogP contribution < -0.4 is 19.7 Å². The Kier molecular flexibility index (Phi) is 3.79.